The van der Waals surface area contributed by atoms with Crippen LogP contribution in [-0.2, 0) is 15.3 Å². The van der Waals surface area contributed by atoms with Crippen molar-refractivity contribution in [3.05, 3.63) is 94.0 Å². The zero-order valence-corrected chi connectivity index (χ0v) is 25.0. The number of carbonyl (C=O) groups is 2. The Labute approximate surface area is 255 Å². The van der Waals surface area contributed by atoms with Crippen LogP contribution < -0.4 is 19.3 Å². The maximum absolute atomic E-state index is 13.6. The number of benzene rings is 3. The summed E-state index contributed by atoms with van der Waals surface area (Å²) in [6.07, 6.45) is 0. The highest BCUT2D eigenvalue weighted by molar-refractivity contribution is 8.00. The van der Waals surface area contributed by atoms with Gasteiger partial charge in [0.2, 0.25) is 5.13 Å². The van der Waals surface area contributed by atoms with E-state index in [1.807, 2.05) is 67.5 Å². The van der Waals surface area contributed by atoms with E-state index in [1.165, 1.54) is 28.0 Å². The van der Waals surface area contributed by atoms with Gasteiger partial charge in [0.05, 0.1) is 11.6 Å². The molecule has 214 valence electrons. The van der Waals surface area contributed by atoms with Gasteiger partial charge in [-0.15, -0.1) is 10.2 Å². The smallest absolute Gasteiger partial charge is 0.301 e. The third-order valence-electron chi connectivity index (χ3n) is 6.90. The predicted octanol–water partition coefficient (Wildman–Crippen LogP) is 5.95. The third-order valence-corrected chi connectivity index (χ3v) is 9.37. The zero-order chi connectivity index (χ0) is 29.4. The second kappa shape index (κ2) is 11.7. The number of carbonyl (C=O) groups excluding carboxylic acids is 2. The van der Waals surface area contributed by atoms with Crippen molar-refractivity contribution in [3.8, 4) is 11.5 Å². The summed E-state index contributed by atoms with van der Waals surface area (Å²) in [7, 11) is 3.85. The number of halogens is 1. The van der Waals surface area contributed by atoms with Crippen molar-refractivity contribution in [1.82, 2.24) is 10.2 Å². The molecular weight excluding hydrogens is 596 g/mol. The van der Waals surface area contributed by atoms with Gasteiger partial charge in [-0.3, -0.25) is 14.5 Å². The summed E-state index contributed by atoms with van der Waals surface area (Å²) in [4.78, 5) is 30.4. The molecule has 1 aromatic heterocycles. The van der Waals surface area contributed by atoms with E-state index >= 15 is 0 Å². The molecule has 1 N–H and O–H groups in total. The maximum atomic E-state index is 13.6. The first-order valence-corrected chi connectivity index (χ1v) is 15.2. The fourth-order valence-electron chi connectivity index (χ4n) is 4.76. The number of hydrogen-bond donors (Lipinski definition) is 1. The van der Waals surface area contributed by atoms with Gasteiger partial charge in [-0.1, -0.05) is 65.0 Å². The maximum Gasteiger partial charge on any atom is 0.301 e. The minimum absolute atomic E-state index is 0.0465. The Kier molecular flexibility index (Phi) is 7.80. The molecule has 0 aliphatic carbocycles. The molecule has 1 saturated heterocycles. The standard InChI is InChI=1S/C30H25ClN4O5S2/c1-34(2)20-10-7-17(8-11-20)25-24(26(36)18-9-12-22-23(15-18)40-14-13-39-22)27(37)28(38)35(25)29-32-33-30(42-29)41-16-19-5-3-4-6-21(19)31/h3-12,15,25,36H,13-14,16H2,1-2H3/b26-24+. The molecule has 2 aliphatic heterocycles. The van der Waals surface area contributed by atoms with Crippen molar-refractivity contribution in [1.29, 1.82) is 0 Å². The van der Waals surface area contributed by atoms with E-state index in [1.54, 1.807) is 18.2 Å². The van der Waals surface area contributed by atoms with E-state index in [0.29, 0.717) is 51.0 Å². The fraction of sp³-hybridized carbons (Fsp3) is 0.200. The summed E-state index contributed by atoms with van der Waals surface area (Å²) in [5.74, 6) is -0.362. The monoisotopic (exact) mass is 620 g/mol. The normalized spacial score (nSPS) is 17.5. The molecule has 1 atom stereocenters. The number of fused-ring (bicyclic) bond motifs is 1. The van der Waals surface area contributed by atoms with Crippen LogP contribution in [0, 0.1) is 0 Å². The Morgan fingerprint density at radius 2 is 1.79 bits per heavy atom. The molecule has 9 nitrogen and oxygen atoms in total. The lowest BCUT2D eigenvalue weighted by Gasteiger charge is -2.23. The van der Waals surface area contributed by atoms with Gasteiger partial charge < -0.3 is 19.5 Å². The van der Waals surface area contributed by atoms with Gasteiger partial charge >= 0.3 is 5.91 Å². The second-order valence-corrected chi connectivity index (χ2v) is 12.3. The van der Waals surface area contributed by atoms with E-state index in [9.17, 15) is 14.7 Å². The lowest BCUT2D eigenvalue weighted by atomic mass is 9.95. The van der Waals surface area contributed by atoms with Crippen LogP contribution in [0.3, 0.4) is 0 Å². The summed E-state index contributed by atoms with van der Waals surface area (Å²) in [5.41, 5.74) is 2.81. The number of aromatic nitrogens is 2. The summed E-state index contributed by atoms with van der Waals surface area (Å²) < 4.78 is 11.9. The van der Waals surface area contributed by atoms with Gasteiger partial charge in [0, 0.05) is 36.1 Å². The minimum Gasteiger partial charge on any atom is -0.507 e. The summed E-state index contributed by atoms with van der Waals surface area (Å²) in [5, 5.41) is 21.0. The van der Waals surface area contributed by atoms with Crippen LogP contribution >= 0.6 is 34.7 Å². The molecular formula is C30H25ClN4O5S2. The average Bonchev–Trinajstić information content (AvgIpc) is 3.57. The fourth-order valence-corrected chi connectivity index (χ4v) is 6.91. The third kappa shape index (κ3) is 5.31. The first-order chi connectivity index (χ1) is 20.3. The first-order valence-electron chi connectivity index (χ1n) is 13.0. The first kappa shape index (κ1) is 28.1. The highest BCUT2D eigenvalue weighted by atomic mass is 35.5. The van der Waals surface area contributed by atoms with Crippen molar-refractivity contribution in [2.24, 2.45) is 0 Å². The number of amides is 1. The Balaban J connectivity index is 1.40. The van der Waals surface area contributed by atoms with Crippen LogP contribution in [0.1, 0.15) is 22.7 Å². The molecule has 4 aromatic rings. The molecule has 1 fully saturated rings. The lowest BCUT2D eigenvalue weighted by Crippen LogP contribution is -2.29. The Morgan fingerprint density at radius 1 is 1.05 bits per heavy atom. The summed E-state index contributed by atoms with van der Waals surface area (Å²) in [6.45, 7) is 0.792. The minimum atomic E-state index is -0.927. The van der Waals surface area contributed by atoms with Crippen molar-refractivity contribution in [2.45, 2.75) is 16.1 Å². The number of ether oxygens (including phenoxy) is 2. The Morgan fingerprint density at radius 3 is 2.52 bits per heavy atom. The quantitative estimate of drug-likeness (QED) is 0.0882. The van der Waals surface area contributed by atoms with E-state index in [0.717, 1.165) is 11.3 Å². The van der Waals surface area contributed by atoms with Crippen LogP contribution in [-0.4, -0.2) is 54.3 Å². The number of hydrogen-bond acceptors (Lipinski definition) is 10. The number of nitrogens with zero attached hydrogens (tertiary/aromatic N) is 4. The van der Waals surface area contributed by atoms with Gasteiger partial charge in [0.15, 0.2) is 15.8 Å². The van der Waals surface area contributed by atoms with Crippen LogP contribution in [0.2, 0.25) is 5.02 Å². The molecule has 3 aromatic carbocycles. The molecule has 0 spiro atoms. The molecule has 6 rings (SSSR count). The van der Waals surface area contributed by atoms with Crippen LogP contribution in [0.25, 0.3) is 5.76 Å². The van der Waals surface area contributed by atoms with Crippen LogP contribution in [0.15, 0.2) is 76.6 Å². The number of ketones is 1. The topological polar surface area (TPSA) is 105 Å². The summed E-state index contributed by atoms with van der Waals surface area (Å²) in [6, 6.07) is 19.0. The SMILES string of the molecule is CN(C)c1ccc(C2/C(=C(\O)c3ccc4c(c3)OCCO4)C(=O)C(=O)N2c2nnc(SCc3ccccc3Cl)s2)cc1. The number of anilines is 2. The average molecular weight is 621 g/mol. The lowest BCUT2D eigenvalue weighted by molar-refractivity contribution is -0.132. The second-order valence-electron chi connectivity index (χ2n) is 9.74. The molecule has 1 amide bonds. The number of rotatable bonds is 7. The summed E-state index contributed by atoms with van der Waals surface area (Å²) >= 11 is 8.94. The van der Waals surface area contributed by atoms with E-state index < -0.39 is 17.7 Å². The molecule has 0 radical (unpaired) electrons. The largest absolute Gasteiger partial charge is 0.507 e. The van der Waals surface area contributed by atoms with Crippen molar-refractivity contribution >= 4 is 63.0 Å². The molecule has 0 bridgehead atoms. The van der Waals surface area contributed by atoms with Crippen LogP contribution in [0.4, 0.5) is 10.8 Å². The van der Waals surface area contributed by atoms with E-state index in [-0.39, 0.29) is 16.5 Å². The van der Waals surface area contributed by atoms with Crippen molar-refractivity contribution in [3.63, 3.8) is 0 Å². The van der Waals surface area contributed by atoms with Gasteiger partial charge in [0.25, 0.3) is 5.78 Å². The van der Waals surface area contributed by atoms with Gasteiger partial charge in [-0.25, -0.2) is 0 Å². The predicted molar refractivity (Wildman–Crippen MR) is 164 cm³/mol. The molecule has 2 aliphatic rings. The highest BCUT2D eigenvalue weighted by Gasteiger charge is 2.48. The molecule has 1 unspecified atom stereocenters. The van der Waals surface area contributed by atoms with Crippen molar-refractivity contribution < 1.29 is 24.2 Å². The molecule has 3 heterocycles. The number of aliphatic hydroxyl groups excluding tert-OH is 1. The van der Waals surface area contributed by atoms with E-state index in [2.05, 4.69) is 10.2 Å². The highest BCUT2D eigenvalue weighted by Crippen LogP contribution is 2.45. The van der Waals surface area contributed by atoms with E-state index in [4.69, 9.17) is 21.1 Å². The number of Topliss-reactive ketones (excluding diaryl/α,β-unsaturated/α-hetero) is 1. The van der Waals surface area contributed by atoms with Gasteiger partial charge in [-0.2, -0.15) is 0 Å². The van der Waals surface area contributed by atoms with Crippen LogP contribution in [0.5, 0.6) is 11.5 Å². The Hall–Kier alpha value is -4.06. The number of thioether (sulfide) groups is 1. The van der Waals surface area contributed by atoms with Crippen molar-refractivity contribution in [2.75, 3.05) is 37.1 Å². The Bertz CT molecular complexity index is 1710. The van der Waals surface area contributed by atoms with Gasteiger partial charge in [-0.05, 0) is 47.5 Å². The zero-order valence-electron chi connectivity index (χ0n) is 22.6. The molecule has 42 heavy (non-hydrogen) atoms. The number of aliphatic hydroxyl groups is 1. The van der Waals surface area contributed by atoms with Gasteiger partial charge in [0.1, 0.15) is 19.0 Å². The molecule has 12 heteroatoms. The molecule has 0 saturated carbocycles.